The van der Waals surface area contributed by atoms with Gasteiger partial charge >= 0.3 is 0 Å². The SMILES string of the molecule is O=C1C=C2CCC3C4CCC(O)C(CC4)CCC3C2CC1. The van der Waals surface area contributed by atoms with Crippen LogP contribution in [0.5, 0.6) is 0 Å². The summed E-state index contributed by atoms with van der Waals surface area (Å²) in [5, 5.41) is 10.4. The Bertz CT molecular complexity index is 450. The number of aliphatic hydroxyl groups excluding tert-OH is 1. The minimum absolute atomic E-state index is 0.0434. The molecule has 116 valence electrons. The molecule has 4 aliphatic rings. The zero-order valence-electron chi connectivity index (χ0n) is 13.0. The molecule has 21 heavy (non-hydrogen) atoms. The molecule has 0 saturated heterocycles. The van der Waals surface area contributed by atoms with Gasteiger partial charge in [-0.05, 0) is 93.5 Å². The molecule has 0 aliphatic heterocycles. The van der Waals surface area contributed by atoms with Gasteiger partial charge in [0.05, 0.1) is 6.10 Å². The quantitative estimate of drug-likeness (QED) is 0.734. The van der Waals surface area contributed by atoms with E-state index in [2.05, 4.69) is 0 Å². The van der Waals surface area contributed by atoms with Crippen molar-refractivity contribution in [1.29, 1.82) is 0 Å². The predicted molar refractivity (Wildman–Crippen MR) is 82.7 cm³/mol. The summed E-state index contributed by atoms with van der Waals surface area (Å²) in [5.74, 6) is 4.12. The van der Waals surface area contributed by atoms with Gasteiger partial charge in [0.15, 0.2) is 5.78 Å². The maximum absolute atomic E-state index is 11.7. The van der Waals surface area contributed by atoms with Crippen LogP contribution in [-0.4, -0.2) is 17.0 Å². The standard InChI is InChI=1S/C19H28O2/c20-15-6-9-17-14(11-15)4-7-16-12-1-2-13(3-8-18(16)17)19(21)10-5-12/h11-13,16-19,21H,1-10H2. The molecule has 4 aliphatic carbocycles. The van der Waals surface area contributed by atoms with Gasteiger partial charge in [0.25, 0.3) is 0 Å². The van der Waals surface area contributed by atoms with Crippen LogP contribution in [0.25, 0.3) is 0 Å². The van der Waals surface area contributed by atoms with Gasteiger partial charge in [-0.15, -0.1) is 0 Å². The Balaban J connectivity index is 1.62. The van der Waals surface area contributed by atoms with Crippen LogP contribution in [0.1, 0.15) is 64.2 Å². The third-order valence-corrected chi connectivity index (χ3v) is 7.12. The maximum atomic E-state index is 11.7. The van der Waals surface area contributed by atoms with Crippen molar-refractivity contribution in [3.63, 3.8) is 0 Å². The van der Waals surface area contributed by atoms with E-state index in [0.717, 1.165) is 37.0 Å². The van der Waals surface area contributed by atoms with E-state index in [1.807, 2.05) is 6.08 Å². The van der Waals surface area contributed by atoms with E-state index in [1.165, 1.54) is 50.5 Å². The minimum Gasteiger partial charge on any atom is -0.393 e. The number of hydrogen-bond acceptors (Lipinski definition) is 2. The van der Waals surface area contributed by atoms with Crippen LogP contribution in [0.2, 0.25) is 0 Å². The van der Waals surface area contributed by atoms with E-state index in [0.29, 0.717) is 17.6 Å². The second-order valence-corrected chi connectivity index (χ2v) is 8.02. The van der Waals surface area contributed by atoms with Gasteiger partial charge in [0, 0.05) is 6.42 Å². The van der Waals surface area contributed by atoms with Crippen LogP contribution in [-0.2, 0) is 4.79 Å². The van der Waals surface area contributed by atoms with E-state index in [-0.39, 0.29) is 6.10 Å². The number of rotatable bonds is 0. The van der Waals surface area contributed by atoms with Gasteiger partial charge in [-0.25, -0.2) is 0 Å². The van der Waals surface area contributed by atoms with E-state index >= 15 is 0 Å². The molecular weight excluding hydrogens is 260 g/mol. The van der Waals surface area contributed by atoms with Gasteiger partial charge in [0.2, 0.25) is 0 Å². The first kappa shape index (κ1) is 14.0. The molecule has 3 fully saturated rings. The number of hydrogen-bond donors (Lipinski definition) is 1. The molecule has 1 N–H and O–H groups in total. The number of carbonyl (C=O) groups is 1. The molecule has 4 rings (SSSR count). The molecule has 0 aromatic carbocycles. The van der Waals surface area contributed by atoms with E-state index < -0.39 is 0 Å². The zero-order chi connectivity index (χ0) is 14.4. The third kappa shape index (κ3) is 2.50. The summed E-state index contributed by atoms with van der Waals surface area (Å²) >= 11 is 0. The zero-order valence-corrected chi connectivity index (χ0v) is 13.0. The van der Waals surface area contributed by atoms with E-state index in [1.54, 1.807) is 0 Å². The Hall–Kier alpha value is -0.630. The number of carbonyl (C=O) groups excluding carboxylic acids is 1. The largest absolute Gasteiger partial charge is 0.393 e. The van der Waals surface area contributed by atoms with Crippen LogP contribution >= 0.6 is 0 Å². The third-order valence-electron chi connectivity index (χ3n) is 7.12. The molecule has 6 atom stereocenters. The first-order valence-corrected chi connectivity index (χ1v) is 9.13. The Labute approximate surface area is 128 Å². The molecule has 3 saturated carbocycles. The number of fused-ring (bicyclic) bond motifs is 7. The van der Waals surface area contributed by atoms with Crippen LogP contribution in [0.4, 0.5) is 0 Å². The Morgan fingerprint density at radius 3 is 2.48 bits per heavy atom. The van der Waals surface area contributed by atoms with Crippen LogP contribution in [0.15, 0.2) is 11.6 Å². The fourth-order valence-electron chi connectivity index (χ4n) is 6.02. The lowest BCUT2D eigenvalue weighted by molar-refractivity contribution is -0.115. The van der Waals surface area contributed by atoms with Crippen molar-refractivity contribution in [2.75, 3.05) is 0 Å². The lowest BCUT2D eigenvalue weighted by Gasteiger charge is -2.46. The Kier molecular flexibility index (Phi) is 3.69. The summed E-state index contributed by atoms with van der Waals surface area (Å²) in [6, 6.07) is 0. The van der Waals surface area contributed by atoms with Crippen LogP contribution in [0.3, 0.4) is 0 Å². The first-order chi connectivity index (χ1) is 10.2. The normalized spacial score (nSPS) is 46.7. The molecule has 2 nitrogen and oxygen atoms in total. The van der Waals surface area contributed by atoms with Gasteiger partial charge in [-0.2, -0.15) is 0 Å². The highest BCUT2D eigenvalue weighted by molar-refractivity contribution is 5.91. The molecule has 0 aromatic heterocycles. The Morgan fingerprint density at radius 1 is 0.810 bits per heavy atom. The van der Waals surface area contributed by atoms with Crippen molar-refractivity contribution >= 4 is 5.78 Å². The summed E-state index contributed by atoms with van der Waals surface area (Å²) in [4.78, 5) is 11.7. The molecule has 6 unspecified atom stereocenters. The highest BCUT2D eigenvalue weighted by atomic mass is 16.3. The highest BCUT2D eigenvalue weighted by Gasteiger charge is 2.43. The molecule has 0 spiro atoms. The number of aliphatic hydroxyl groups is 1. The number of ketones is 1. The first-order valence-electron chi connectivity index (χ1n) is 9.13. The summed E-state index contributed by atoms with van der Waals surface area (Å²) in [7, 11) is 0. The molecule has 0 heterocycles. The monoisotopic (exact) mass is 288 g/mol. The lowest BCUT2D eigenvalue weighted by Crippen LogP contribution is -2.37. The fraction of sp³-hybridized carbons (Fsp3) is 0.842. The maximum Gasteiger partial charge on any atom is 0.155 e. The van der Waals surface area contributed by atoms with Gasteiger partial charge < -0.3 is 5.11 Å². The second kappa shape index (κ2) is 5.53. The summed E-state index contributed by atoms with van der Waals surface area (Å²) in [6.45, 7) is 0. The average molecular weight is 288 g/mol. The van der Waals surface area contributed by atoms with Crippen molar-refractivity contribution in [3.05, 3.63) is 11.6 Å². The Morgan fingerprint density at radius 2 is 1.57 bits per heavy atom. The van der Waals surface area contributed by atoms with Gasteiger partial charge in [-0.3, -0.25) is 4.79 Å². The van der Waals surface area contributed by atoms with E-state index in [9.17, 15) is 9.90 Å². The van der Waals surface area contributed by atoms with Gasteiger partial charge in [0.1, 0.15) is 0 Å². The molecule has 2 bridgehead atoms. The van der Waals surface area contributed by atoms with Gasteiger partial charge in [-0.1, -0.05) is 5.57 Å². The fourth-order valence-corrected chi connectivity index (χ4v) is 6.02. The predicted octanol–water partition coefficient (Wildman–Crippen LogP) is 3.88. The molecule has 0 radical (unpaired) electrons. The lowest BCUT2D eigenvalue weighted by atomic mass is 9.59. The van der Waals surface area contributed by atoms with Crippen LogP contribution in [0, 0.1) is 29.6 Å². The molecular formula is C19H28O2. The molecule has 0 amide bonds. The highest BCUT2D eigenvalue weighted by Crippen LogP contribution is 2.52. The van der Waals surface area contributed by atoms with Crippen molar-refractivity contribution in [2.45, 2.75) is 70.3 Å². The van der Waals surface area contributed by atoms with Crippen LogP contribution < -0.4 is 0 Å². The second-order valence-electron chi connectivity index (χ2n) is 8.02. The summed E-state index contributed by atoms with van der Waals surface area (Å²) < 4.78 is 0. The minimum atomic E-state index is -0.0434. The van der Waals surface area contributed by atoms with Crippen molar-refractivity contribution in [3.8, 4) is 0 Å². The van der Waals surface area contributed by atoms with Crippen molar-refractivity contribution < 1.29 is 9.90 Å². The van der Waals surface area contributed by atoms with Crippen molar-refractivity contribution in [2.24, 2.45) is 29.6 Å². The van der Waals surface area contributed by atoms with E-state index in [4.69, 9.17) is 0 Å². The number of allylic oxidation sites excluding steroid dienone is 2. The molecule has 2 heteroatoms. The van der Waals surface area contributed by atoms with Crippen molar-refractivity contribution in [1.82, 2.24) is 0 Å². The molecule has 0 aromatic rings. The summed E-state index contributed by atoms with van der Waals surface area (Å²) in [5.41, 5.74) is 1.48. The topological polar surface area (TPSA) is 37.3 Å². The average Bonchev–Trinajstić information content (AvgIpc) is 2.60. The summed E-state index contributed by atoms with van der Waals surface area (Å²) in [6.07, 6.45) is 13.7. The smallest absolute Gasteiger partial charge is 0.155 e.